The van der Waals surface area contributed by atoms with Gasteiger partial charge in [0, 0.05) is 5.56 Å². The summed E-state index contributed by atoms with van der Waals surface area (Å²) < 4.78 is 18.2. The first kappa shape index (κ1) is 19.9. The van der Waals surface area contributed by atoms with Crippen LogP contribution in [0.3, 0.4) is 0 Å². The number of hydrogen-bond donors (Lipinski definition) is 2. The molecule has 10 heteroatoms. The van der Waals surface area contributed by atoms with E-state index in [-0.39, 0.29) is 24.7 Å². The molecule has 2 aromatic carbocycles. The van der Waals surface area contributed by atoms with Crippen molar-refractivity contribution in [3.05, 3.63) is 53.8 Å². The van der Waals surface area contributed by atoms with E-state index in [1.165, 1.54) is 31.4 Å². The molecule has 0 saturated heterocycles. The van der Waals surface area contributed by atoms with Gasteiger partial charge in [0.1, 0.15) is 18.1 Å². The molecule has 2 amide bonds. The Morgan fingerprint density at radius 3 is 2.62 bits per heavy atom. The van der Waals surface area contributed by atoms with Crippen molar-refractivity contribution in [3.8, 4) is 17.1 Å². The lowest BCUT2D eigenvalue weighted by Gasteiger charge is -2.11. The number of aryl methyl sites for hydroxylation is 1. The van der Waals surface area contributed by atoms with Crippen molar-refractivity contribution in [1.29, 1.82) is 0 Å². The van der Waals surface area contributed by atoms with E-state index in [1.54, 1.807) is 12.1 Å². The Labute approximate surface area is 165 Å². The number of carbonyl (C=O) groups is 2. The van der Waals surface area contributed by atoms with E-state index in [0.717, 1.165) is 10.4 Å². The summed E-state index contributed by atoms with van der Waals surface area (Å²) in [5, 5.41) is 16.9. The highest BCUT2D eigenvalue weighted by molar-refractivity contribution is 5.95. The van der Waals surface area contributed by atoms with Gasteiger partial charge < -0.3 is 15.4 Å². The Hall–Kier alpha value is -3.82. The van der Waals surface area contributed by atoms with Crippen LogP contribution in [0.15, 0.2) is 42.5 Å². The van der Waals surface area contributed by atoms with E-state index in [4.69, 9.17) is 4.74 Å². The van der Waals surface area contributed by atoms with Gasteiger partial charge in [0.2, 0.25) is 17.6 Å². The molecule has 1 aromatic heterocycles. The summed E-state index contributed by atoms with van der Waals surface area (Å²) in [5.41, 5.74) is 2.05. The number of rotatable bonds is 7. The first-order valence-corrected chi connectivity index (χ1v) is 8.69. The van der Waals surface area contributed by atoms with E-state index < -0.39 is 11.8 Å². The molecule has 0 unspecified atom stereocenters. The first-order valence-electron chi connectivity index (χ1n) is 8.69. The maximum absolute atomic E-state index is 13.0. The Kier molecular flexibility index (Phi) is 6.12. The molecule has 1 heterocycles. The van der Waals surface area contributed by atoms with Gasteiger partial charge in [-0.1, -0.05) is 6.07 Å². The van der Waals surface area contributed by atoms with E-state index in [9.17, 15) is 14.0 Å². The van der Waals surface area contributed by atoms with Crippen molar-refractivity contribution in [2.45, 2.75) is 13.5 Å². The number of methoxy groups -OCH3 is 1. The average Bonchev–Trinajstić information content (AvgIpc) is 3.15. The van der Waals surface area contributed by atoms with Crippen molar-refractivity contribution in [2.75, 3.05) is 19.0 Å². The number of benzene rings is 2. The molecule has 3 rings (SSSR count). The molecule has 2 N–H and O–H groups in total. The number of carbonyl (C=O) groups excluding carboxylic acids is 2. The normalized spacial score (nSPS) is 10.4. The van der Waals surface area contributed by atoms with Gasteiger partial charge in [0.25, 0.3) is 0 Å². The predicted octanol–water partition coefficient (Wildman–Crippen LogP) is 1.55. The van der Waals surface area contributed by atoms with Crippen LogP contribution in [0.25, 0.3) is 11.4 Å². The highest BCUT2D eigenvalue weighted by Gasteiger charge is 2.12. The molecular formula is C19H19FN6O3. The van der Waals surface area contributed by atoms with Crippen LogP contribution in [0.1, 0.15) is 5.56 Å². The minimum absolute atomic E-state index is 0.213. The molecule has 0 aliphatic carbocycles. The maximum atomic E-state index is 13.0. The largest absolute Gasteiger partial charge is 0.495 e. The Morgan fingerprint density at radius 1 is 1.14 bits per heavy atom. The van der Waals surface area contributed by atoms with Crippen LogP contribution in [-0.4, -0.2) is 45.7 Å². The van der Waals surface area contributed by atoms with E-state index in [2.05, 4.69) is 26.0 Å². The molecule has 0 aliphatic rings. The number of tetrazole rings is 1. The second-order valence-corrected chi connectivity index (χ2v) is 6.18. The summed E-state index contributed by atoms with van der Waals surface area (Å²) in [6, 6.07) is 11.0. The second kappa shape index (κ2) is 8.91. The lowest BCUT2D eigenvalue weighted by molar-refractivity contribution is -0.124. The third kappa shape index (κ3) is 5.34. The highest BCUT2D eigenvalue weighted by Crippen LogP contribution is 2.24. The van der Waals surface area contributed by atoms with E-state index in [0.29, 0.717) is 17.0 Å². The molecule has 0 saturated carbocycles. The lowest BCUT2D eigenvalue weighted by atomic mass is 10.2. The van der Waals surface area contributed by atoms with Gasteiger partial charge in [-0.25, -0.2) is 4.39 Å². The van der Waals surface area contributed by atoms with Crippen LogP contribution in [-0.2, 0) is 16.1 Å². The zero-order valence-electron chi connectivity index (χ0n) is 15.8. The number of amides is 2. The van der Waals surface area contributed by atoms with Crippen molar-refractivity contribution < 1.29 is 18.7 Å². The topological polar surface area (TPSA) is 111 Å². The number of aromatic nitrogens is 4. The predicted molar refractivity (Wildman–Crippen MR) is 103 cm³/mol. The number of nitrogens with one attached hydrogen (secondary N) is 2. The monoisotopic (exact) mass is 398 g/mol. The fraction of sp³-hybridized carbons (Fsp3) is 0.211. The van der Waals surface area contributed by atoms with Crippen LogP contribution < -0.4 is 15.4 Å². The van der Waals surface area contributed by atoms with Crippen LogP contribution in [0, 0.1) is 12.7 Å². The summed E-state index contributed by atoms with van der Waals surface area (Å²) in [4.78, 5) is 25.2. The first-order chi connectivity index (χ1) is 13.9. The Balaban J connectivity index is 1.52. The highest BCUT2D eigenvalue weighted by atomic mass is 19.1. The van der Waals surface area contributed by atoms with Crippen molar-refractivity contribution in [1.82, 2.24) is 25.5 Å². The van der Waals surface area contributed by atoms with E-state index >= 15 is 0 Å². The second-order valence-electron chi connectivity index (χ2n) is 6.18. The quantitative estimate of drug-likeness (QED) is 0.625. The van der Waals surface area contributed by atoms with Gasteiger partial charge in [-0.3, -0.25) is 9.59 Å². The average molecular weight is 398 g/mol. The smallest absolute Gasteiger partial charge is 0.244 e. The summed E-state index contributed by atoms with van der Waals surface area (Å²) >= 11 is 0. The zero-order valence-corrected chi connectivity index (χ0v) is 15.8. The number of hydrogen-bond acceptors (Lipinski definition) is 6. The van der Waals surface area contributed by atoms with Gasteiger partial charge >= 0.3 is 0 Å². The molecule has 0 spiro atoms. The molecule has 0 bridgehead atoms. The van der Waals surface area contributed by atoms with Gasteiger partial charge in [-0.15, -0.1) is 10.2 Å². The summed E-state index contributed by atoms with van der Waals surface area (Å²) in [5.74, 6) is -0.445. The number of ether oxygens (including phenoxy) is 1. The molecule has 150 valence electrons. The lowest BCUT2D eigenvalue weighted by Crippen LogP contribution is -2.35. The maximum Gasteiger partial charge on any atom is 0.244 e. The van der Waals surface area contributed by atoms with Gasteiger partial charge in [-0.2, -0.15) is 4.80 Å². The van der Waals surface area contributed by atoms with Crippen molar-refractivity contribution >= 4 is 17.5 Å². The minimum atomic E-state index is -0.459. The van der Waals surface area contributed by atoms with Gasteiger partial charge in [0.05, 0.1) is 19.3 Å². The Bertz CT molecular complexity index is 1020. The fourth-order valence-corrected chi connectivity index (χ4v) is 2.50. The van der Waals surface area contributed by atoms with Crippen LogP contribution in [0.5, 0.6) is 5.75 Å². The summed E-state index contributed by atoms with van der Waals surface area (Å²) in [7, 11) is 1.51. The van der Waals surface area contributed by atoms with Gasteiger partial charge in [-0.05, 0) is 54.1 Å². The molecule has 0 radical (unpaired) electrons. The fourth-order valence-electron chi connectivity index (χ4n) is 2.50. The molecule has 9 nitrogen and oxygen atoms in total. The van der Waals surface area contributed by atoms with Crippen molar-refractivity contribution in [3.63, 3.8) is 0 Å². The Morgan fingerprint density at radius 2 is 1.90 bits per heavy atom. The van der Waals surface area contributed by atoms with Crippen LogP contribution in [0.4, 0.5) is 10.1 Å². The zero-order chi connectivity index (χ0) is 20.8. The van der Waals surface area contributed by atoms with Gasteiger partial charge in [0.15, 0.2) is 0 Å². The van der Waals surface area contributed by atoms with E-state index in [1.807, 2.05) is 13.0 Å². The molecule has 0 aliphatic heterocycles. The summed E-state index contributed by atoms with van der Waals surface area (Å²) in [6.07, 6.45) is 0. The van der Waals surface area contributed by atoms with Crippen molar-refractivity contribution in [2.24, 2.45) is 0 Å². The molecule has 0 fully saturated rings. The third-order valence-electron chi connectivity index (χ3n) is 3.92. The molecule has 3 aromatic rings. The standard InChI is InChI=1S/C19H19FN6O3/c1-12-3-8-16(29-2)15(9-12)22-17(27)10-21-18(28)11-26-24-19(23-25-26)13-4-6-14(20)7-5-13/h3-9H,10-11H2,1-2H3,(H,21,28)(H,22,27). The SMILES string of the molecule is COc1ccc(C)cc1NC(=O)CNC(=O)Cn1nnc(-c2ccc(F)cc2)n1. The van der Waals surface area contributed by atoms with Crippen LogP contribution in [0.2, 0.25) is 0 Å². The number of nitrogens with zero attached hydrogens (tertiary/aromatic N) is 4. The molecular weight excluding hydrogens is 379 g/mol. The molecule has 0 atom stereocenters. The third-order valence-corrected chi connectivity index (χ3v) is 3.92. The van der Waals surface area contributed by atoms with Crippen LogP contribution >= 0.6 is 0 Å². The summed E-state index contributed by atoms with van der Waals surface area (Å²) in [6.45, 7) is 1.45. The molecule has 29 heavy (non-hydrogen) atoms. The minimum Gasteiger partial charge on any atom is -0.495 e. The number of halogens is 1. The number of anilines is 1.